The molecule has 15 heavy (non-hydrogen) atoms. The molecule has 0 radical (unpaired) electrons. The first kappa shape index (κ1) is 11.3. The minimum Gasteiger partial charge on any atom is -0.320 e. The van der Waals surface area contributed by atoms with Gasteiger partial charge in [-0.2, -0.15) is 0 Å². The van der Waals surface area contributed by atoms with Crippen LogP contribution in [-0.2, 0) is 0 Å². The largest absolute Gasteiger partial charge is 0.320 e. The summed E-state index contributed by atoms with van der Waals surface area (Å²) in [4.78, 5) is 3.84. The van der Waals surface area contributed by atoms with Crippen molar-refractivity contribution < 1.29 is 0 Å². The van der Waals surface area contributed by atoms with Crippen molar-refractivity contribution in [3.63, 3.8) is 0 Å². The van der Waals surface area contributed by atoms with E-state index in [4.69, 9.17) is 5.73 Å². The van der Waals surface area contributed by atoms with Crippen LogP contribution in [0.2, 0.25) is 0 Å². The lowest BCUT2D eigenvalue weighted by Gasteiger charge is -2.08. The Morgan fingerprint density at radius 2 is 2.00 bits per heavy atom. The highest BCUT2D eigenvalue weighted by Crippen LogP contribution is 2.34. The summed E-state index contributed by atoms with van der Waals surface area (Å²) in [6.45, 7) is 4.22. The molecule has 4 heteroatoms. The first-order valence-electron chi connectivity index (χ1n) is 4.65. The van der Waals surface area contributed by atoms with Crippen LogP contribution < -0.4 is 5.73 Å². The van der Waals surface area contributed by atoms with E-state index in [1.165, 1.54) is 20.2 Å². The highest BCUT2D eigenvalue weighted by atomic mass is 79.9. The van der Waals surface area contributed by atoms with Gasteiger partial charge in [0.25, 0.3) is 0 Å². The van der Waals surface area contributed by atoms with Crippen molar-refractivity contribution in [2.45, 2.75) is 19.9 Å². The summed E-state index contributed by atoms with van der Waals surface area (Å²) in [5.74, 6) is 0. The normalized spacial score (nSPS) is 13.1. The van der Waals surface area contributed by atoms with Crippen molar-refractivity contribution in [2.24, 2.45) is 5.73 Å². The topological polar surface area (TPSA) is 26.0 Å². The number of aryl methyl sites for hydroxylation is 2. The van der Waals surface area contributed by atoms with E-state index in [1.807, 2.05) is 0 Å². The van der Waals surface area contributed by atoms with E-state index in [9.17, 15) is 0 Å². The van der Waals surface area contributed by atoms with Gasteiger partial charge in [-0.25, -0.2) is 0 Å². The van der Waals surface area contributed by atoms with Crippen LogP contribution in [0, 0.1) is 13.8 Å². The number of nitrogens with two attached hydrogens (primary N) is 1. The van der Waals surface area contributed by atoms with Crippen LogP contribution >= 0.6 is 38.6 Å². The molecule has 0 saturated carbocycles. The standard InChI is InChI=1S/C11H12BrNS2/c1-6-3-4-9(14-6)11(13)8-5-10(12)15-7(8)2/h3-5,11H,13H2,1-2H3. The Morgan fingerprint density at radius 1 is 1.27 bits per heavy atom. The number of hydrogen-bond donors (Lipinski definition) is 1. The van der Waals surface area contributed by atoms with Gasteiger partial charge in [-0.15, -0.1) is 22.7 Å². The Balaban J connectivity index is 2.35. The smallest absolute Gasteiger partial charge is 0.0704 e. The molecule has 80 valence electrons. The molecule has 0 fully saturated rings. The maximum atomic E-state index is 6.24. The molecule has 0 saturated heterocycles. The Kier molecular flexibility index (Phi) is 3.30. The van der Waals surface area contributed by atoms with E-state index in [1.54, 1.807) is 22.7 Å². The van der Waals surface area contributed by atoms with Gasteiger partial charge in [0.1, 0.15) is 0 Å². The van der Waals surface area contributed by atoms with E-state index in [2.05, 4.69) is 48.0 Å². The van der Waals surface area contributed by atoms with Crippen LogP contribution in [0.1, 0.15) is 26.2 Å². The molecular weight excluding hydrogens is 290 g/mol. The van der Waals surface area contributed by atoms with Crippen LogP contribution in [0.25, 0.3) is 0 Å². The monoisotopic (exact) mass is 301 g/mol. The van der Waals surface area contributed by atoms with E-state index in [0.29, 0.717) is 0 Å². The van der Waals surface area contributed by atoms with Crippen LogP contribution in [0.15, 0.2) is 22.0 Å². The number of halogens is 1. The van der Waals surface area contributed by atoms with Crippen molar-refractivity contribution in [3.05, 3.63) is 42.2 Å². The zero-order valence-corrected chi connectivity index (χ0v) is 11.8. The van der Waals surface area contributed by atoms with Gasteiger partial charge in [-0.1, -0.05) is 0 Å². The molecule has 0 amide bonds. The van der Waals surface area contributed by atoms with Gasteiger partial charge in [-0.3, -0.25) is 0 Å². The third kappa shape index (κ3) is 2.33. The molecule has 0 aliphatic carbocycles. The molecular formula is C11H12BrNS2. The third-order valence-corrected chi connectivity index (χ3v) is 4.98. The molecule has 2 aromatic rings. The van der Waals surface area contributed by atoms with Gasteiger partial charge in [0.15, 0.2) is 0 Å². The second-order valence-electron chi connectivity index (χ2n) is 3.49. The van der Waals surface area contributed by atoms with E-state index in [0.717, 1.165) is 3.79 Å². The zero-order chi connectivity index (χ0) is 11.0. The molecule has 0 spiro atoms. The van der Waals surface area contributed by atoms with Gasteiger partial charge in [-0.05, 0) is 53.5 Å². The number of hydrogen-bond acceptors (Lipinski definition) is 3. The van der Waals surface area contributed by atoms with Gasteiger partial charge >= 0.3 is 0 Å². The molecule has 2 rings (SSSR count). The minimum atomic E-state index is 0.0197. The summed E-state index contributed by atoms with van der Waals surface area (Å²) >= 11 is 7.01. The summed E-state index contributed by atoms with van der Waals surface area (Å²) in [6, 6.07) is 6.39. The van der Waals surface area contributed by atoms with Crippen LogP contribution in [0.5, 0.6) is 0 Å². The summed E-state index contributed by atoms with van der Waals surface area (Å²) in [5, 5.41) is 0. The minimum absolute atomic E-state index is 0.0197. The van der Waals surface area contributed by atoms with Gasteiger partial charge < -0.3 is 5.73 Å². The van der Waals surface area contributed by atoms with E-state index < -0.39 is 0 Å². The molecule has 2 heterocycles. The number of thiophene rings is 2. The predicted molar refractivity (Wildman–Crippen MR) is 71.8 cm³/mol. The average molecular weight is 302 g/mol. The van der Waals surface area contributed by atoms with Crippen molar-refractivity contribution in [1.29, 1.82) is 0 Å². The second kappa shape index (κ2) is 4.37. The molecule has 2 N–H and O–H groups in total. The highest BCUT2D eigenvalue weighted by molar-refractivity contribution is 9.11. The summed E-state index contributed by atoms with van der Waals surface area (Å²) in [5.41, 5.74) is 7.47. The molecule has 1 nitrogen and oxygen atoms in total. The first-order valence-corrected chi connectivity index (χ1v) is 7.08. The fourth-order valence-electron chi connectivity index (χ4n) is 1.54. The van der Waals surface area contributed by atoms with Crippen LogP contribution in [-0.4, -0.2) is 0 Å². The summed E-state index contributed by atoms with van der Waals surface area (Å²) < 4.78 is 1.15. The van der Waals surface area contributed by atoms with Crippen LogP contribution in [0.4, 0.5) is 0 Å². The average Bonchev–Trinajstić information content (AvgIpc) is 2.71. The van der Waals surface area contributed by atoms with E-state index >= 15 is 0 Å². The SMILES string of the molecule is Cc1ccc(C(N)c2cc(Br)sc2C)s1. The molecule has 0 aliphatic rings. The zero-order valence-electron chi connectivity index (χ0n) is 8.58. The molecule has 1 atom stereocenters. The summed E-state index contributed by atoms with van der Waals surface area (Å²) in [6.07, 6.45) is 0. The molecule has 1 unspecified atom stereocenters. The second-order valence-corrected chi connectivity index (χ2v) is 7.44. The number of rotatable bonds is 2. The Hall–Kier alpha value is -0.160. The molecule has 0 aromatic carbocycles. The van der Waals surface area contributed by atoms with Crippen molar-refractivity contribution in [1.82, 2.24) is 0 Å². The van der Waals surface area contributed by atoms with Gasteiger partial charge in [0.05, 0.1) is 9.83 Å². The Bertz CT molecular complexity index is 473. The summed E-state index contributed by atoms with van der Waals surface area (Å²) in [7, 11) is 0. The van der Waals surface area contributed by atoms with Crippen molar-refractivity contribution >= 4 is 38.6 Å². The van der Waals surface area contributed by atoms with Crippen molar-refractivity contribution in [3.8, 4) is 0 Å². The lowest BCUT2D eigenvalue weighted by molar-refractivity contribution is 0.891. The first-order chi connectivity index (χ1) is 7.08. The van der Waals surface area contributed by atoms with Crippen LogP contribution in [0.3, 0.4) is 0 Å². The highest BCUT2D eigenvalue weighted by Gasteiger charge is 2.15. The molecule has 2 aromatic heterocycles. The Morgan fingerprint density at radius 3 is 2.47 bits per heavy atom. The fourth-order valence-corrected chi connectivity index (χ4v) is 4.20. The maximum Gasteiger partial charge on any atom is 0.0704 e. The molecule has 0 bridgehead atoms. The maximum absolute atomic E-state index is 6.24. The quantitative estimate of drug-likeness (QED) is 0.882. The third-order valence-electron chi connectivity index (χ3n) is 2.33. The molecule has 0 aliphatic heterocycles. The van der Waals surface area contributed by atoms with Gasteiger partial charge in [0.2, 0.25) is 0 Å². The fraction of sp³-hybridized carbons (Fsp3) is 0.273. The van der Waals surface area contributed by atoms with E-state index in [-0.39, 0.29) is 6.04 Å². The lowest BCUT2D eigenvalue weighted by atomic mass is 10.1. The lowest BCUT2D eigenvalue weighted by Crippen LogP contribution is -2.10. The van der Waals surface area contributed by atoms with Gasteiger partial charge in [0, 0.05) is 14.6 Å². The van der Waals surface area contributed by atoms with Crippen molar-refractivity contribution in [2.75, 3.05) is 0 Å². The predicted octanol–water partition coefficient (Wildman–Crippen LogP) is 4.24. The Labute approximate surface area is 106 Å².